The smallest absolute Gasteiger partial charge is 0.0641 e. The van der Waals surface area contributed by atoms with Crippen LogP contribution in [-0.2, 0) is 13.6 Å². The molecule has 1 aliphatic rings. The Morgan fingerprint density at radius 1 is 1.40 bits per heavy atom. The Balaban J connectivity index is 1.93. The minimum Gasteiger partial charge on any atom is -0.310 e. The third kappa shape index (κ3) is 2.07. The maximum Gasteiger partial charge on any atom is 0.0641 e. The first kappa shape index (κ1) is 10.7. The lowest BCUT2D eigenvalue weighted by molar-refractivity contribution is 0.240. The molecule has 0 unspecified atom stereocenters. The standard InChI is InChI=1S/C12H21N3/c1-8-5-11(6-8)13-7-12-9(2)14-15(4)10(12)3/h8,11,13H,5-7H2,1-4H3. The first-order valence-electron chi connectivity index (χ1n) is 5.80. The molecule has 0 spiro atoms. The lowest BCUT2D eigenvalue weighted by Gasteiger charge is -2.33. The molecule has 1 aromatic rings. The number of rotatable bonds is 3. The van der Waals surface area contributed by atoms with Gasteiger partial charge in [0.1, 0.15) is 0 Å². The summed E-state index contributed by atoms with van der Waals surface area (Å²) >= 11 is 0. The fourth-order valence-corrected chi connectivity index (χ4v) is 2.39. The predicted molar refractivity (Wildman–Crippen MR) is 61.7 cm³/mol. The molecule has 2 rings (SSSR count). The highest BCUT2D eigenvalue weighted by atomic mass is 15.3. The van der Waals surface area contributed by atoms with E-state index in [0.717, 1.165) is 24.2 Å². The van der Waals surface area contributed by atoms with Gasteiger partial charge in [-0.15, -0.1) is 0 Å². The first-order chi connectivity index (χ1) is 7.08. The molecule has 0 atom stereocenters. The number of hydrogen-bond donors (Lipinski definition) is 1. The molecule has 0 aliphatic heterocycles. The molecule has 1 fully saturated rings. The second-order valence-electron chi connectivity index (χ2n) is 4.93. The fraction of sp³-hybridized carbons (Fsp3) is 0.750. The molecule has 0 saturated heterocycles. The maximum absolute atomic E-state index is 4.42. The summed E-state index contributed by atoms with van der Waals surface area (Å²) in [6, 6.07) is 0.735. The largest absolute Gasteiger partial charge is 0.310 e. The van der Waals surface area contributed by atoms with E-state index in [4.69, 9.17) is 0 Å². The molecule has 84 valence electrons. The normalized spacial score (nSPS) is 25.3. The molecule has 1 saturated carbocycles. The minimum atomic E-state index is 0.735. The van der Waals surface area contributed by atoms with E-state index in [1.165, 1.54) is 24.1 Å². The summed E-state index contributed by atoms with van der Waals surface area (Å²) in [5, 5.41) is 8.03. The van der Waals surface area contributed by atoms with Gasteiger partial charge in [-0.2, -0.15) is 5.10 Å². The summed E-state index contributed by atoms with van der Waals surface area (Å²) in [5.74, 6) is 0.915. The molecule has 1 N–H and O–H groups in total. The Morgan fingerprint density at radius 2 is 2.07 bits per heavy atom. The Hall–Kier alpha value is -0.830. The van der Waals surface area contributed by atoms with E-state index in [1.807, 2.05) is 11.7 Å². The van der Waals surface area contributed by atoms with E-state index < -0.39 is 0 Å². The molecule has 0 aromatic carbocycles. The van der Waals surface area contributed by atoms with Gasteiger partial charge in [0, 0.05) is 30.9 Å². The van der Waals surface area contributed by atoms with Crippen LogP contribution in [0, 0.1) is 19.8 Å². The van der Waals surface area contributed by atoms with Gasteiger partial charge in [-0.05, 0) is 32.6 Å². The van der Waals surface area contributed by atoms with Crippen molar-refractivity contribution in [2.24, 2.45) is 13.0 Å². The molecule has 3 nitrogen and oxygen atoms in total. The molecule has 1 heterocycles. The van der Waals surface area contributed by atoms with Gasteiger partial charge in [-0.25, -0.2) is 0 Å². The molecule has 15 heavy (non-hydrogen) atoms. The van der Waals surface area contributed by atoms with Gasteiger partial charge in [0.15, 0.2) is 0 Å². The van der Waals surface area contributed by atoms with E-state index in [-0.39, 0.29) is 0 Å². The molecule has 0 amide bonds. The van der Waals surface area contributed by atoms with Gasteiger partial charge in [0.25, 0.3) is 0 Å². The molecule has 3 heteroatoms. The third-order valence-electron chi connectivity index (χ3n) is 3.60. The zero-order chi connectivity index (χ0) is 11.0. The number of aryl methyl sites for hydroxylation is 2. The van der Waals surface area contributed by atoms with Gasteiger partial charge >= 0.3 is 0 Å². The van der Waals surface area contributed by atoms with Gasteiger partial charge in [0.05, 0.1) is 5.69 Å². The molecule has 0 bridgehead atoms. The topological polar surface area (TPSA) is 29.9 Å². The minimum absolute atomic E-state index is 0.735. The molecular weight excluding hydrogens is 186 g/mol. The zero-order valence-electron chi connectivity index (χ0n) is 10.2. The van der Waals surface area contributed by atoms with Crippen molar-refractivity contribution in [3.63, 3.8) is 0 Å². The molecular formula is C12H21N3. The lowest BCUT2D eigenvalue weighted by atomic mass is 9.82. The van der Waals surface area contributed by atoms with E-state index in [0.29, 0.717) is 0 Å². The summed E-state index contributed by atoms with van der Waals surface area (Å²) in [6.45, 7) is 7.52. The van der Waals surface area contributed by atoms with Crippen LogP contribution in [0.25, 0.3) is 0 Å². The Kier molecular flexibility index (Phi) is 2.83. The monoisotopic (exact) mass is 207 g/mol. The quantitative estimate of drug-likeness (QED) is 0.820. The first-order valence-corrected chi connectivity index (χ1v) is 5.80. The van der Waals surface area contributed by atoms with Crippen molar-refractivity contribution in [1.82, 2.24) is 15.1 Å². The van der Waals surface area contributed by atoms with Crippen LogP contribution in [0.3, 0.4) is 0 Å². The van der Waals surface area contributed by atoms with Crippen molar-refractivity contribution in [3.05, 3.63) is 17.0 Å². The van der Waals surface area contributed by atoms with Crippen LogP contribution in [0.1, 0.15) is 36.7 Å². The van der Waals surface area contributed by atoms with Gasteiger partial charge < -0.3 is 5.32 Å². The van der Waals surface area contributed by atoms with Gasteiger partial charge in [-0.1, -0.05) is 6.92 Å². The molecule has 1 aromatic heterocycles. The predicted octanol–water partition coefficient (Wildman–Crippen LogP) is 1.93. The number of aromatic nitrogens is 2. The van der Waals surface area contributed by atoms with Crippen LogP contribution in [0.5, 0.6) is 0 Å². The van der Waals surface area contributed by atoms with Crippen molar-refractivity contribution in [3.8, 4) is 0 Å². The van der Waals surface area contributed by atoms with E-state index in [1.54, 1.807) is 0 Å². The second-order valence-corrected chi connectivity index (χ2v) is 4.93. The van der Waals surface area contributed by atoms with Crippen LogP contribution in [-0.4, -0.2) is 15.8 Å². The van der Waals surface area contributed by atoms with Crippen molar-refractivity contribution in [2.75, 3.05) is 0 Å². The summed E-state index contributed by atoms with van der Waals surface area (Å²) in [6.07, 6.45) is 2.66. The van der Waals surface area contributed by atoms with Crippen LogP contribution in [0.4, 0.5) is 0 Å². The summed E-state index contributed by atoms with van der Waals surface area (Å²) in [5.41, 5.74) is 3.82. The Labute approximate surface area is 91.9 Å². The average Bonchev–Trinajstić information content (AvgIpc) is 2.36. The van der Waals surface area contributed by atoms with Crippen LogP contribution in [0.2, 0.25) is 0 Å². The van der Waals surface area contributed by atoms with Gasteiger partial charge in [0.2, 0.25) is 0 Å². The fourth-order valence-electron chi connectivity index (χ4n) is 2.39. The SMILES string of the molecule is Cc1nn(C)c(C)c1CNC1CC(C)C1. The van der Waals surface area contributed by atoms with E-state index >= 15 is 0 Å². The third-order valence-corrected chi connectivity index (χ3v) is 3.60. The Bertz CT molecular complexity index is 348. The zero-order valence-corrected chi connectivity index (χ0v) is 10.2. The molecule has 1 aliphatic carbocycles. The summed E-state index contributed by atoms with van der Waals surface area (Å²) in [7, 11) is 2.01. The molecule has 0 radical (unpaired) electrons. The van der Waals surface area contributed by atoms with E-state index in [9.17, 15) is 0 Å². The van der Waals surface area contributed by atoms with Gasteiger partial charge in [-0.3, -0.25) is 4.68 Å². The van der Waals surface area contributed by atoms with Crippen LogP contribution >= 0.6 is 0 Å². The average molecular weight is 207 g/mol. The van der Waals surface area contributed by atoms with Crippen LogP contribution < -0.4 is 5.32 Å². The van der Waals surface area contributed by atoms with E-state index in [2.05, 4.69) is 31.2 Å². The highest BCUT2D eigenvalue weighted by Crippen LogP contribution is 2.26. The number of nitrogens with one attached hydrogen (secondary N) is 1. The second kappa shape index (κ2) is 3.97. The Morgan fingerprint density at radius 3 is 2.53 bits per heavy atom. The lowest BCUT2D eigenvalue weighted by Crippen LogP contribution is -2.39. The number of nitrogens with zero attached hydrogens (tertiary/aromatic N) is 2. The van der Waals surface area contributed by atoms with Crippen molar-refractivity contribution in [2.45, 2.75) is 46.2 Å². The van der Waals surface area contributed by atoms with Crippen LogP contribution in [0.15, 0.2) is 0 Å². The summed E-state index contributed by atoms with van der Waals surface area (Å²) < 4.78 is 1.97. The van der Waals surface area contributed by atoms with Crippen molar-refractivity contribution < 1.29 is 0 Å². The highest BCUT2D eigenvalue weighted by Gasteiger charge is 2.24. The van der Waals surface area contributed by atoms with Crippen molar-refractivity contribution in [1.29, 1.82) is 0 Å². The highest BCUT2D eigenvalue weighted by molar-refractivity contribution is 5.24. The summed E-state index contributed by atoms with van der Waals surface area (Å²) in [4.78, 5) is 0. The van der Waals surface area contributed by atoms with Crippen molar-refractivity contribution >= 4 is 0 Å². The number of hydrogen-bond acceptors (Lipinski definition) is 2. The maximum atomic E-state index is 4.42.